The smallest absolute Gasteiger partial charge is 0.317 e. The van der Waals surface area contributed by atoms with Crippen molar-refractivity contribution in [2.75, 3.05) is 44.6 Å². The molecule has 0 saturated carbocycles. The molecule has 1 aliphatic rings. The number of anilines is 2. The van der Waals surface area contributed by atoms with E-state index in [0.29, 0.717) is 66.7 Å². The Morgan fingerprint density at radius 2 is 1.93 bits per heavy atom. The van der Waals surface area contributed by atoms with Gasteiger partial charge < -0.3 is 30.9 Å². The molecule has 14 heteroatoms. The summed E-state index contributed by atoms with van der Waals surface area (Å²) in [5, 5.41) is 14.7. The summed E-state index contributed by atoms with van der Waals surface area (Å²) in [4.78, 5) is 38.1. The van der Waals surface area contributed by atoms with E-state index in [1.54, 1.807) is 57.1 Å². The van der Waals surface area contributed by atoms with E-state index in [4.69, 9.17) is 27.3 Å². The summed E-state index contributed by atoms with van der Waals surface area (Å²) in [5.74, 6) is -0.536. The van der Waals surface area contributed by atoms with E-state index in [2.05, 4.69) is 20.6 Å². The van der Waals surface area contributed by atoms with Gasteiger partial charge in [-0.2, -0.15) is 5.26 Å². The first-order valence-corrected chi connectivity index (χ1v) is 14.3. The first kappa shape index (κ1) is 30.5. The molecule has 4 aromatic rings. The highest BCUT2D eigenvalue weighted by atomic mass is 35.5. The number of aryl methyl sites for hydroxylation is 1. The molecule has 0 bridgehead atoms. The normalized spacial score (nSPS) is 13.8. The van der Waals surface area contributed by atoms with E-state index >= 15 is 0 Å². The molecule has 1 fully saturated rings. The van der Waals surface area contributed by atoms with E-state index in [1.807, 2.05) is 19.9 Å². The van der Waals surface area contributed by atoms with Crippen LogP contribution in [-0.2, 0) is 0 Å². The third-order valence-electron chi connectivity index (χ3n) is 7.34. The predicted molar refractivity (Wildman–Crippen MR) is 163 cm³/mol. The molecular formula is C30H31ClFN9O3. The molecule has 1 aliphatic heterocycles. The quantitative estimate of drug-likeness (QED) is 0.268. The topological polar surface area (TPSA) is 154 Å². The van der Waals surface area contributed by atoms with Gasteiger partial charge in [-0.1, -0.05) is 11.6 Å². The number of benzene rings is 2. The van der Waals surface area contributed by atoms with Crippen molar-refractivity contribution in [3.8, 4) is 23.1 Å². The highest BCUT2D eigenvalue weighted by molar-refractivity contribution is 6.33. The molecule has 3 amide bonds. The Bertz CT molecular complexity index is 1750. The van der Waals surface area contributed by atoms with Crippen molar-refractivity contribution in [1.29, 1.82) is 5.26 Å². The lowest BCUT2D eigenvalue weighted by Gasteiger charge is -2.35. The van der Waals surface area contributed by atoms with E-state index in [9.17, 15) is 14.0 Å². The van der Waals surface area contributed by atoms with Crippen LogP contribution in [0.4, 0.5) is 20.7 Å². The van der Waals surface area contributed by atoms with Crippen LogP contribution in [-0.4, -0.2) is 81.5 Å². The van der Waals surface area contributed by atoms with E-state index in [0.717, 1.165) is 5.56 Å². The Hall–Kier alpha value is -4.93. The standard InChI is InChI=1S/C30H31ClFN9O3/c1-18-15-20(3-4-21(18)29(42)39-10-12-40(13-11-39)30(43)37-19(2)16-34)38-27-28-36-17-23(41(28)9-8-35-27)22-5-6-24(44-14-7-33)26(32)25(22)31/h3-6,8-9,15,17,19H,10-14,16,34H2,1-2H3,(H,35,38)(H,37,43)/t19-/m1/s1. The van der Waals surface area contributed by atoms with E-state index < -0.39 is 5.82 Å². The lowest BCUT2D eigenvalue weighted by molar-refractivity contribution is 0.0663. The van der Waals surface area contributed by atoms with Crippen LogP contribution in [0.3, 0.4) is 0 Å². The summed E-state index contributed by atoms with van der Waals surface area (Å²) >= 11 is 6.33. The number of nitriles is 1. The molecule has 3 heterocycles. The van der Waals surface area contributed by atoms with Crippen molar-refractivity contribution in [3.05, 3.63) is 70.9 Å². The number of carbonyl (C=O) groups is 2. The average molecular weight is 620 g/mol. The second-order valence-corrected chi connectivity index (χ2v) is 10.7. The molecule has 44 heavy (non-hydrogen) atoms. The van der Waals surface area contributed by atoms with Gasteiger partial charge in [0.1, 0.15) is 6.07 Å². The molecule has 228 valence electrons. The molecule has 0 spiro atoms. The number of ether oxygens (including phenoxy) is 1. The zero-order chi connectivity index (χ0) is 31.4. The van der Waals surface area contributed by atoms with Crippen LogP contribution in [0.2, 0.25) is 5.02 Å². The highest BCUT2D eigenvalue weighted by Gasteiger charge is 2.26. The minimum Gasteiger partial charge on any atom is -0.476 e. The third kappa shape index (κ3) is 6.22. The number of nitrogens with one attached hydrogen (secondary N) is 2. The molecular weight excluding hydrogens is 589 g/mol. The molecule has 5 rings (SSSR count). The highest BCUT2D eigenvalue weighted by Crippen LogP contribution is 2.36. The number of hydrogen-bond acceptors (Lipinski definition) is 8. The van der Waals surface area contributed by atoms with Gasteiger partial charge in [0, 0.05) is 68.0 Å². The average Bonchev–Trinajstić information content (AvgIpc) is 3.46. The molecule has 12 nitrogen and oxygen atoms in total. The fourth-order valence-electron chi connectivity index (χ4n) is 4.92. The lowest BCUT2D eigenvalue weighted by atomic mass is 10.1. The van der Waals surface area contributed by atoms with Gasteiger partial charge in [0.15, 0.2) is 29.6 Å². The summed E-state index contributed by atoms with van der Waals surface area (Å²) in [5.41, 5.74) is 9.03. The molecule has 2 aromatic heterocycles. The van der Waals surface area contributed by atoms with Crippen molar-refractivity contribution in [1.82, 2.24) is 29.5 Å². The maximum Gasteiger partial charge on any atom is 0.317 e. The number of rotatable bonds is 8. The SMILES string of the molecule is Cc1cc(Nc2nccn3c(-c4ccc(OCC#N)c(F)c4Cl)cnc23)ccc1C(=O)N1CCN(C(=O)N[C@H](C)CN)CC1. The Morgan fingerprint density at radius 3 is 2.64 bits per heavy atom. The summed E-state index contributed by atoms with van der Waals surface area (Å²) in [6.45, 7) is 5.49. The molecule has 1 saturated heterocycles. The number of halogens is 2. The Kier molecular flexibility index (Phi) is 9.12. The van der Waals surface area contributed by atoms with Crippen molar-refractivity contribution in [2.24, 2.45) is 5.73 Å². The maximum atomic E-state index is 14.8. The van der Waals surface area contributed by atoms with Gasteiger partial charge in [-0.25, -0.2) is 19.2 Å². The molecule has 0 unspecified atom stereocenters. The van der Waals surface area contributed by atoms with Crippen molar-refractivity contribution < 1.29 is 18.7 Å². The number of aromatic nitrogens is 3. The molecule has 0 radical (unpaired) electrons. The number of piperazine rings is 1. The second kappa shape index (κ2) is 13.2. The molecule has 4 N–H and O–H groups in total. The van der Waals surface area contributed by atoms with E-state index in [-0.39, 0.29) is 35.4 Å². The van der Waals surface area contributed by atoms with Gasteiger partial charge in [0.05, 0.1) is 16.9 Å². The number of nitrogens with two attached hydrogens (primary N) is 1. The number of amides is 3. The number of fused-ring (bicyclic) bond motifs is 1. The van der Waals surface area contributed by atoms with E-state index in [1.165, 1.54) is 6.07 Å². The number of carbonyl (C=O) groups excluding carboxylic acids is 2. The zero-order valence-corrected chi connectivity index (χ0v) is 24.9. The zero-order valence-electron chi connectivity index (χ0n) is 24.2. The summed E-state index contributed by atoms with van der Waals surface area (Å²) < 4.78 is 21.7. The van der Waals surface area contributed by atoms with Gasteiger partial charge in [0.25, 0.3) is 5.91 Å². The number of hydrogen-bond donors (Lipinski definition) is 3. The van der Waals surface area contributed by atoms with Crippen LogP contribution < -0.4 is 21.1 Å². The fraction of sp³-hybridized carbons (Fsp3) is 0.300. The van der Waals surface area contributed by atoms with Gasteiger partial charge in [-0.15, -0.1) is 0 Å². The van der Waals surface area contributed by atoms with Crippen LogP contribution in [0.15, 0.2) is 48.9 Å². The van der Waals surface area contributed by atoms with Crippen molar-refractivity contribution in [2.45, 2.75) is 19.9 Å². The van der Waals surface area contributed by atoms with Gasteiger partial charge in [0.2, 0.25) is 0 Å². The van der Waals surface area contributed by atoms with Crippen molar-refractivity contribution in [3.63, 3.8) is 0 Å². The molecule has 1 atom stereocenters. The summed E-state index contributed by atoms with van der Waals surface area (Å²) in [6, 6.07) is 9.93. The minimum atomic E-state index is -0.767. The fourth-order valence-corrected chi connectivity index (χ4v) is 5.17. The monoisotopic (exact) mass is 619 g/mol. The van der Waals surface area contributed by atoms with Crippen LogP contribution in [0.5, 0.6) is 5.75 Å². The van der Waals surface area contributed by atoms with Gasteiger partial charge in [-0.05, 0) is 49.7 Å². The number of urea groups is 1. The van der Waals surface area contributed by atoms with Crippen LogP contribution in [0.25, 0.3) is 16.9 Å². The first-order valence-electron chi connectivity index (χ1n) is 13.9. The Balaban J connectivity index is 1.30. The molecule has 0 aliphatic carbocycles. The Labute approximate surface area is 258 Å². The second-order valence-electron chi connectivity index (χ2n) is 10.3. The van der Waals surface area contributed by atoms with Crippen molar-refractivity contribution >= 4 is 40.7 Å². The van der Waals surface area contributed by atoms with Crippen LogP contribution in [0.1, 0.15) is 22.8 Å². The number of nitrogens with zero attached hydrogens (tertiary/aromatic N) is 6. The summed E-state index contributed by atoms with van der Waals surface area (Å²) in [7, 11) is 0. The largest absolute Gasteiger partial charge is 0.476 e. The first-order chi connectivity index (χ1) is 21.2. The maximum absolute atomic E-state index is 14.8. The number of imidazole rings is 1. The molecule has 2 aromatic carbocycles. The van der Waals surface area contributed by atoms with Crippen LogP contribution >= 0.6 is 11.6 Å². The van der Waals surface area contributed by atoms with Crippen LogP contribution in [0, 0.1) is 24.1 Å². The predicted octanol–water partition coefficient (Wildman–Crippen LogP) is 3.96. The minimum absolute atomic E-state index is 0.101. The lowest BCUT2D eigenvalue weighted by Crippen LogP contribution is -2.55. The van der Waals surface area contributed by atoms with Gasteiger partial charge >= 0.3 is 6.03 Å². The van der Waals surface area contributed by atoms with Gasteiger partial charge in [-0.3, -0.25) is 9.20 Å². The Morgan fingerprint density at radius 1 is 1.18 bits per heavy atom. The summed E-state index contributed by atoms with van der Waals surface area (Å²) in [6.07, 6.45) is 4.83. The third-order valence-corrected chi connectivity index (χ3v) is 7.71.